The lowest BCUT2D eigenvalue weighted by atomic mass is 10.1. The zero-order valence-electron chi connectivity index (χ0n) is 11.2. The third-order valence-electron chi connectivity index (χ3n) is 3.10. The fourth-order valence-electron chi connectivity index (χ4n) is 2.00. The van der Waals surface area contributed by atoms with Crippen molar-refractivity contribution in [1.82, 2.24) is 4.90 Å². The number of benzene rings is 1. The first kappa shape index (κ1) is 13.8. The summed E-state index contributed by atoms with van der Waals surface area (Å²) >= 11 is 0. The van der Waals surface area contributed by atoms with Gasteiger partial charge in [0.2, 0.25) is 0 Å². The van der Waals surface area contributed by atoms with E-state index < -0.39 is 0 Å². The molecule has 0 amide bonds. The standard InChI is InChI=1S/C15H18FNO2/c1-11-13(4-3-5-14(11)16)15-7-6-12(19-15)10-17(2)8-9-18/h3-7,18H,8-10H2,1-2H3. The Balaban J connectivity index is 2.19. The molecule has 0 aliphatic carbocycles. The van der Waals surface area contributed by atoms with Crippen LogP contribution in [0.1, 0.15) is 11.3 Å². The Bertz CT molecular complexity index is 551. The first-order valence-corrected chi connectivity index (χ1v) is 6.25. The minimum atomic E-state index is -0.229. The summed E-state index contributed by atoms with van der Waals surface area (Å²) in [6, 6.07) is 8.70. The van der Waals surface area contributed by atoms with Gasteiger partial charge in [0.25, 0.3) is 0 Å². The molecule has 0 spiro atoms. The Morgan fingerprint density at radius 1 is 1.26 bits per heavy atom. The van der Waals surface area contributed by atoms with E-state index in [0.717, 1.165) is 11.3 Å². The number of nitrogens with zero attached hydrogens (tertiary/aromatic N) is 1. The van der Waals surface area contributed by atoms with E-state index in [1.165, 1.54) is 6.07 Å². The van der Waals surface area contributed by atoms with E-state index in [0.29, 0.717) is 24.4 Å². The second-order valence-electron chi connectivity index (χ2n) is 4.64. The summed E-state index contributed by atoms with van der Waals surface area (Å²) in [5.74, 6) is 1.24. The van der Waals surface area contributed by atoms with Crippen molar-refractivity contribution in [2.75, 3.05) is 20.2 Å². The van der Waals surface area contributed by atoms with Crippen molar-refractivity contribution in [3.63, 3.8) is 0 Å². The van der Waals surface area contributed by atoms with Gasteiger partial charge in [0, 0.05) is 12.1 Å². The van der Waals surface area contributed by atoms with Gasteiger partial charge in [0.05, 0.1) is 13.2 Å². The summed E-state index contributed by atoms with van der Waals surface area (Å²) in [4.78, 5) is 1.96. The third-order valence-corrected chi connectivity index (χ3v) is 3.10. The lowest BCUT2D eigenvalue weighted by Crippen LogP contribution is -2.21. The average molecular weight is 263 g/mol. The molecule has 0 saturated carbocycles. The van der Waals surface area contributed by atoms with E-state index >= 15 is 0 Å². The molecule has 19 heavy (non-hydrogen) atoms. The quantitative estimate of drug-likeness (QED) is 0.901. The van der Waals surface area contributed by atoms with Crippen LogP contribution in [0.4, 0.5) is 4.39 Å². The Morgan fingerprint density at radius 3 is 2.79 bits per heavy atom. The molecule has 102 valence electrons. The molecule has 2 rings (SSSR count). The molecule has 1 aromatic carbocycles. The fourth-order valence-corrected chi connectivity index (χ4v) is 2.00. The minimum Gasteiger partial charge on any atom is -0.460 e. The van der Waals surface area contributed by atoms with Crippen LogP contribution in [0.2, 0.25) is 0 Å². The zero-order chi connectivity index (χ0) is 13.8. The van der Waals surface area contributed by atoms with Crippen LogP contribution in [0.15, 0.2) is 34.7 Å². The smallest absolute Gasteiger partial charge is 0.134 e. The van der Waals surface area contributed by atoms with Crippen molar-refractivity contribution >= 4 is 0 Å². The maximum absolute atomic E-state index is 13.5. The molecule has 0 saturated heterocycles. The summed E-state index contributed by atoms with van der Waals surface area (Å²) in [5.41, 5.74) is 1.36. The van der Waals surface area contributed by atoms with Crippen molar-refractivity contribution < 1.29 is 13.9 Å². The second kappa shape index (κ2) is 5.99. The van der Waals surface area contributed by atoms with Crippen molar-refractivity contribution in [3.8, 4) is 11.3 Å². The molecule has 0 bridgehead atoms. The number of furan rings is 1. The van der Waals surface area contributed by atoms with Gasteiger partial charge < -0.3 is 9.52 Å². The molecular weight excluding hydrogens is 245 g/mol. The highest BCUT2D eigenvalue weighted by Crippen LogP contribution is 2.27. The number of hydrogen-bond acceptors (Lipinski definition) is 3. The summed E-state index contributed by atoms with van der Waals surface area (Å²) in [7, 11) is 1.91. The van der Waals surface area contributed by atoms with Gasteiger partial charge in [-0.2, -0.15) is 0 Å². The minimum absolute atomic E-state index is 0.118. The molecule has 0 fully saturated rings. The SMILES string of the molecule is Cc1c(F)cccc1-c1ccc(CN(C)CCO)o1. The van der Waals surface area contributed by atoms with Gasteiger partial charge in [-0.05, 0) is 37.7 Å². The van der Waals surface area contributed by atoms with E-state index in [4.69, 9.17) is 9.52 Å². The average Bonchev–Trinajstić information content (AvgIpc) is 2.81. The lowest BCUT2D eigenvalue weighted by Gasteiger charge is -2.12. The molecule has 0 radical (unpaired) electrons. The maximum atomic E-state index is 13.5. The predicted molar refractivity (Wildman–Crippen MR) is 72.3 cm³/mol. The van der Waals surface area contributed by atoms with Crippen molar-refractivity contribution in [2.24, 2.45) is 0 Å². The topological polar surface area (TPSA) is 36.6 Å². The van der Waals surface area contributed by atoms with Crippen LogP contribution in [-0.4, -0.2) is 30.2 Å². The van der Waals surface area contributed by atoms with Gasteiger partial charge in [0.15, 0.2) is 0 Å². The van der Waals surface area contributed by atoms with Crippen LogP contribution in [0.3, 0.4) is 0 Å². The van der Waals surface area contributed by atoms with Gasteiger partial charge in [-0.3, -0.25) is 4.90 Å². The molecule has 1 N–H and O–H groups in total. The summed E-state index contributed by atoms with van der Waals surface area (Å²) < 4.78 is 19.2. The number of rotatable bonds is 5. The molecule has 0 aliphatic rings. The molecule has 0 unspecified atom stereocenters. The normalized spacial score (nSPS) is 11.2. The summed E-state index contributed by atoms with van der Waals surface area (Å²) in [5, 5.41) is 8.85. The first-order chi connectivity index (χ1) is 9.11. The van der Waals surface area contributed by atoms with Crippen LogP contribution >= 0.6 is 0 Å². The van der Waals surface area contributed by atoms with Crippen molar-refractivity contribution in [1.29, 1.82) is 0 Å². The molecule has 2 aromatic rings. The van der Waals surface area contributed by atoms with Crippen LogP contribution < -0.4 is 0 Å². The number of halogens is 1. The van der Waals surface area contributed by atoms with Crippen molar-refractivity contribution in [2.45, 2.75) is 13.5 Å². The summed E-state index contributed by atoms with van der Waals surface area (Å²) in [6.45, 7) is 3.07. The van der Waals surface area contributed by atoms with Crippen molar-refractivity contribution in [3.05, 3.63) is 47.5 Å². The monoisotopic (exact) mass is 263 g/mol. The van der Waals surface area contributed by atoms with Gasteiger partial charge in [-0.25, -0.2) is 4.39 Å². The highest BCUT2D eigenvalue weighted by molar-refractivity contribution is 5.62. The highest BCUT2D eigenvalue weighted by Gasteiger charge is 2.11. The molecular formula is C15H18FNO2. The Morgan fingerprint density at radius 2 is 2.05 bits per heavy atom. The number of aliphatic hydroxyl groups is 1. The molecule has 1 heterocycles. The number of likely N-dealkylation sites (N-methyl/N-ethyl adjacent to an activating group) is 1. The number of aliphatic hydroxyl groups excluding tert-OH is 1. The van der Waals surface area contributed by atoms with Gasteiger partial charge in [-0.15, -0.1) is 0 Å². The number of hydrogen-bond donors (Lipinski definition) is 1. The second-order valence-corrected chi connectivity index (χ2v) is 4.64. The van der Waals surface area contributed by atoms with E-state index in [1.807, 2.05) is 30.1 Å². The van der Waals surface area contributed by atoms with Crippen LogP contribution in [0.25, 0.3) is 11.3 Å². The molecule has 4 heteroatoms. The van der Waals surface area contributed by atoms with E-state index in [9.17, 15) is 4.39 Å². The van der Waals surface area contributed by atoms with E-state index in [2.05, 4.69) is 0 Å². The Kier molecular flexibility index (Phi) is 4.35. The molecule has 0 aliphatic heterocycles. The van der Waals surface area contributed by atoms with E-state index in [-0.39, 0.29) is 12.4 Å². The highest BCUT2D eigenvalue weighted by atomic mass is 19.1. The largest absolute Gasteiger partial charge is 0.460 e. The Hall–Kier alpha value is -1.65. The van der Waals surface area contributed by atoms with Gasteiger partial charge in [-0.1, -0.05) is 12.1 Å². The predicted octanol–water partition coefficient (Wildman–Crippen LogP) is 2.82. The maximum Gasteiger partial charge on any atom is 0.134 e. The van der Waals surface area contributed by atoms with Crippen LogP contribution in [0, 0.1) is 12.7 Å². The first-order valence-electron chi connectivity index (χ1n) is 6.25. The van der Waals surface area contributed by atoms with E-state index in [1.54, 1.807) is 13.0 Å². The fraction of sp³-hybridized carbons (Fsp3) is 0.333. The third kappa shape index (κ3) is 3.22. The summed E-state index contributed by atoms with van der Waals surface area (Å²) in [6.07, 6.45) is 0. The zero-order valence-corrected chi connectivity index (χ0v) is 11.2. The van der Waals surface area contributed by atoms with Crippen LogP contribution in [0.5, 0.6) is 0 Å². The molecule has 1 aromatic heterocycles. The van der Waals surface area contributed by atoms with Gasteiger partial charge >= 0.3 is 0 Å². The molecule has 3 nitrogen and oxygen atoms in total. The Labute approximate surface area is 112 Å². The van der Waals surface area contributed by atoms with Gasteiger partial charge in [0.1, 0.15) is 17.3 Å². The van der Waals surface area contributed by atoms with Crippen LogP contribution in [-0.2, 0) is 6.54 Å². The lowest BCUT2D eigenvalue weighted by molar-refractivity contribution is 0.209. The molecule has 0 atom stereocenters.